The molecule has 2 saturated carbocycles. The zero-order chi connectivity index (χ0) is 28.2. The SMILES string of the molecule is Cc1ccnc(C2CC2C(=O)Nc2cc(NCc3cn4cc(C5CC5)nc(N5CC(=O)N(C)C5=O)c4n3)ncn2)n1. The van der Waals surface area contributed by atoms with Crippen LogP contribution in [0.5, 0.6) is 0 Å². The number of imide groups is 1. The molecule has 14 heteroatoms. The van der Waals surface area contributed by atoms with Crippen molar-refractivity contribution in [3.05, 3.63) is 60.0 Å². The van der Waals surface area contributed by atoms with Crippen LogP contribution >= 0.6 is 0 Å². The summed E-state index contributed by atoms with van der Waals surface area (Å²) in [6.45, 7) is 2.16. The first-order valence-electron chi connectivity index (χ1n) is 13.5. The Labute approximate surface area is 234 Å². The van der Waals surface area contributed by atoms with Crippen LogP contribution in [0.25, 0.3) is 5.65 Å². The van der Waals surface area contributed by atoms with Gasteiger partial charge in [-0.15, -0.1) is 0 Å². The maximum Gasteiger partial charge on any atom is 0.332 e. The van der Waals surface area contributed by atoms with Crippen LogP contribution in [0.3, 0.4) is 0 Å². The van der Waals surface area contributed by atoms with Crippen LogP contribution in [0.4, 0.5) is 22.2 Å². The summed E-state index contributed by atoms with van der Waals surface area (Å²) in [6, 6.07) is 3.08. The van der Waals surface area contributed by atoms with Gasteiger partial charge in [0, 0.05) is 55.2 Å². The van der Waals surface area contributed by atoms with Crippen LogP contribution < -0.4 is 15.5 Å². The van der Waals surface area contributed by atoms with Gasteiger partial charge in [-0.25, -0.2) is 34.7 Å². The summed E-state index contributed by atoms with van der Waals surface area (Å²) in [4.78, 5) is 66.8. The third kappa shape index (κ3) is 4.81. The predicted molar refractivity (Wildman–Crippen MR) is 146 cm³/mol. The molecule has 41 heavy (non-hydrogen) atoms. The number of aromatic nitrogens is 7. The highest BCUT2D eigenvalue weighted by molar-refractivity contribution is 6.12. The molecule has 2 N–H and O–H groups in total. The number of urea groups is 1. The Bertz CT molecular complexity index is 1720. The van der Waals surface area contributed by atoms with Crippen molar-refractivity contribution in [3.8, 4) is 0 Å². The number of rotatable bonds is 8. The molecule has 1 saturated heterocycles. The smallest absolute Gasteiger partial charge is 0.332 e. The zero-order valence-corrected chi connectivity index (χ0v) is 22.5. The first kappa shape index (κ1) is 25.0. The van der Waals surface area contributed by atoms with Crippen molar-refractivity contribution < 1.29 is 14.4 Å². The quantitative estimate of drug-likeness (QED) is 0.309. The topological polar surface area (TPSA) is 164 Å². The second-order valence-corrected chi connectivity index (χ2v) is 10.7. The predicted octanol–water partition coefficient (Wildman–Crippen LogP) is 2.25. The van der Waals surface area contributed by atoms with Crippen LogP contribution in [0.15, 0.2) is 37.1 Å². The Morgan fingerprint density at radius 2 is 1.90 bits per heavy atom. The van der Waals surface area contributed by atoms with Gasteiger partial charge in [-0.2, -0.15) is 0 Å². The number of anilines is 3. The van der Waals surface area contributed by atoms with Crippen molar-refractivity contribution in [1.29, 1.82) is 0 Å². The van der Waals surface area contributed by atoms with Crippen molar-refractivity contribution >= 4 is 40.9 Å². The molecule has 2 aliphatic carbocycles. The van der Waals surface area contributed by atoms with E-state index in [0.717, 1.165) is 29.1 Å². The van der Waals surface area contributed by atoms with E-state index in [9.17, 15) is 14.4 Å². The molecule has 14 nitrogen and oxygen atoms in total. The molecule has 4 aromatic heterocycles. The lowest BCUT2D eigenvalue weighted by atomic mass is 10.2. The van der Waals surface area contributed by atoms with Gasteiger partial charge in [0.05, 0.1) is 17.9 Å². The number of hydrogen-bond acceptors (Lipinski definition) is 10. The molecule has 4 aromatic rings. The third-order valence-corrected chi connectivity index (χ3v) is 7.57. The van der Waals surface area contributed by atoms with E-state index < -0.39 is 6.03 Å². The van der Waals surface area contributed by atoms with Crippen LogP contribution in [-0.4, -0.2) is 70.6 Å². The molecule has 2 unspecified atom stereocenters. The van der Waals surface area contributed by atoms with E-state index in [1.165, 1.54) is 18.3 Å². The standard InChI is InChI=1S/C27H27N11O3/c1-14-5-6-28-23(32-14)17-7-18(17)26(40)35-21-8-20(30-13-31-21)29-9-16-10-37-11-19(15-3-4-15)34-25(24(37)33-16)38-12-22(39)36(2)27(38)41/h5-6,8,10-11,13,15,17-18H,3-4,7,9,12H2,1-2H3,(H2,29,30,31,35,40). The minimum absolute atomic E-state index is 0.0126. The molecule has 0 bridgehead atoms. The molecule has 1 aliphatic heterocycles. The lowest BCUT2D eigenvalue weighted by molar-refractivity contribution is -0.124. The summed E-state index contributed by atoms with van der Waals surface area (Å²) in [5.74, 6) is 1.73. The number of aryl methyl sites for hydroxylation is 1. The molecule has 3 fully saturated rings. The molecule has 3 aliphatic rings. The second-order valence-electron chi connectivity index (χ2n) is 10.7. The maximum absolute atomic E-state index is 12.8. The second kappa shape index (κ2) is 9.57. The van der Waals surface area contributed by atoms with E-state index in [2.05, 4.69) is 30.6 Å². The minimum atomic E-state index is -0.417. The number of imidazole rings is 1. The van der Waals surface area contributed by atoms with Gasteiger partial charge in [-0.1, -0.05) is 0 Å². The van der Waals surface area contributed by atoms with E-state index in [4.69, 9.17) is 9.97 Å². The minimum Gasteiger partial charge on any atom is -0.364 e. The van der Waals surface area contributed by atoms with E-state index in [-0.39, 0.29) is 30.2 Å². The van der Waals surface area contributed by atoms with Crippen molar-refractivity contribution in [1.82, 2.24) is 39.2 Å². The molecule has 2 atom stereocenters. The van der Waals surface area contributed by atoms with Crippen molar-refractivity contribution in [2.75, 3.05) is 29.1 Å². The Kier molecular flexibility index (Phi) is 5.83. The number of nitrogens with one attached hydrogen (secondary N) is 2. The van der Waals surface area contributed by atoms with E-state index in [1.807, 2.05) is 29.8 Å². The molecule has 5 heterocycles. The molecule has 0 radical (unpaired) electrons. The van der Waals surface area contributed by atoms with Gasteiger partial charge in [0.2, 0.25) is 5.91 Å². The van der Waals surface area contributed by atoms with Crippen molar-refractivity contribution in [2.24, 2.45) is 5.92 Å². The van der Waals surface area contributed by atoms with Gasteiger partial charge in [-0.3, -0.25) is 19.4 Å². The monoisotopic (exact) mass is 553 g/mol. The van der Waals surface area contributed by atoms with E-state index >= 15 is 0 Å². The first-order chi connectivity index (χ1) is 19.8. The normalized spacial score (nSPS) is 20.1. The highest BCUT2D eigenvalue weighted by atomic mass is 16.2. The first-order valence-corrected chi connectivity index (χ1v) is 13.5. The van der Waals surface area contributed by atoms with Crippen LogP contribution in [0.2, 0.25) is 0 Å². The summed E-state index contributed by atoms with van der Waals surface area (Å²) in [5, 5.41) is 6.09. The number of carbonyl (C=O) groups excluding carboxylic acids is 3. The van der Waals surface area contributed by atoms with Crippen LogP contribution in [-0.2, 0) is 16.1 Å². The lowest BCUT2D eigenvalue weighted by Crippen LogP contribution is -2.31. The third-order valence-electron chi connectivity index (χ3n) is 7.57. The zero-order valence-electron chi connectivity index (χ0n) is 22.5. The summed E-state index contributed by atoms with van der Waals surface area (Å²) in [6.07, 6.45) is 9.69. The van der Waals surface area contributed by atoms with E-state index in [1.54, 1.807) is 12.3 Å². The molecular weight excluding hydrogens is 526 g/mol. The summed E-state index contributed by atoms with van der Waals surface area (Å²) in [7, 11) is 1.47. The van der Waals surface area contributed by atoms with Crippen molar-refractivity contribution in [2.45, 2.75) is 44.6 Å². The van der Waals surface area contributed by atoms with E-state index in [0.29, 0.717) is 53.5 Å². The summed E-state index contributed by atoms with van der Waals surface area (Å²) < 4.78 is 1.86. The molecule has 4 amide bonds. The Morgan fingerprint density at radius 3 is 2.66 bits per heavy atom. The van der Waals surface area contributed by atoms with Gasteiger partial charge >= 0.3 is 6.03 Å². The average Bonchev–Trinajstić information content (AvgIpc) is 3.89. The number of hydrogen-bond donors (Lipinski definition) is 2. The van der Waals surface area contributed by atoms with Gasteiger partial charge in [0.1, 0.15) is 30.3 Å². The molecular formula is C27H27N11O3. The fourth-order valence-electron chi connectivity index (χ4n) is 5.00. The highest BCUT2D eigenvalue weighted by Crippen LogP contribution is 2.46. The molecule has 0 aromatic carbocycles. The fourth-order valence-corrected chi connectivity index (χ4v) is 5.00. The Balaban J connectivity index is 1.05. The van der Waals surface area contributed by atoms with Crippen LogP contribution in [0, 0.1) is 12.8 Å². The summed E-state index contributed by atoms with van der Waals surface area (Å²) >= 11 is 0. The average molecular weight is 554 g/mol. The Hall–Kier alpha value is -5.01. The fraction of sp³-hybridized carbons (Fsp3) is 0.370. The number of amides is 4. The van der Waals surface area contributed by atoms with Crippen LogP contribution in [0.1, 0.15) is 54.0 Å². The highest BCUT2D eigenvalue weighted by Gasteiger charge is 2.46. The van der Waals surface area contributed by atoms with Gasteiger partial charge in [0.15, 0.2) is 11.5 Å². The number of fused-ring (bicyclic) bond motifs is 1. The maximum atomic E-state index is 12.8. The molecule has 0 spiro atoms. The van der Waals surface area contributed by atoms with Gasteiger partial charge in [-0.05, 0) is 32.3 Å². The Morgan fingerprint density at radius 1 is 1.07 bits per heavy atom. The lowest BCUT2D eigenvalue weighted by Gasteiger charge is -2.15. The summed E-state index contributed by atoms with van der Waals surface area (Å²) in [5.41, 5.74) is 2.94. The van der Waals surface area contributed by atoms with Crippen molar-refractivity contribution in [3.63, 3.8) is 0 Å². The number of likely N-dealkylation sites (N-methyl/N-ethyl adjacent to an activating group) is 1. The largest absolute Gasteiger partial charge is 0.364 e. The number of nitrogens with zero attached hydrogens (tertiary/aromatic N) is 9. The molecule has 208 valence electrons. The number of carbonyl (C=O) groups is 3. The van der Waals surface area contributed by atoms with Gasteiger partial charge < -0.3 is 15.0 Å². The molecule has 7 rings (SSSR count). The van der Waals surface area contributed by atoms with Gasteiger partial charge in [0.25, 0.3) is 5.91 Å².